The van der Waals surface area contributed by atoms with Gasteiger partial charge in [-0.15, -0.1) is 0 Å². The number of benzene rings is 1. The van der Waals surface area contributed by atoms with E-state index in [9.17, 15) is 0 Å². The van der Waals surface area contributed by atoms with Crippen LogP contribution in [0.4, 0.5) is 0 Å². The Morgan fingerprint density at radius 2 is 1.73 bits per heavy atom. The van der Waals surface area contributed by atoms with Gasteiger partial charge in [0, 0.05) is 0 Å². The summed E-state index contributed by atoms with van der Waals surface area (Å²) in [7, 11) is 0. The maximum atomic E-state index is 3.25. The fourth-order valence-electron chi connectivity index (χ4n) is 0.714. The first kappa shape index (κ1) is 14.4. The molecule has 0 aromatic heterocycles. The molecule has 1 N–H and O–H groups in total. The molecule has 1 rings (SSSR count). The van der Waals surface area contributed by atoms with E-state index in [1.54, 1.807) is 0 Å². The van der Waals surface area contributed by atoms with Gasteiger partial charge in [0.1, 0.15) is 0 Å². The van der Waals surface area contributed by atoms with Crippen LogP contribution in [0.1, 0.15) is 5.56 Å². The average Bonchev–Trinajstić information content (AvgIpc) is 1.91. The summed E-state index contributed by atoms with van der Waals surface area (Å²) in [5.74, 6) is 0. The predicted molar refractivity (Wildman–Crippen MR) is 58.9 cm³/mol. The molecular formula is C7H12NPSTl-. The van der Waals surface area contributed by atoms with E-state index >= 15 is 0 Å². The van der Waals surface area contributed by atoms with E-state index < -0.39 is 0 Å². The molecular weight excluding hydrogens is 366 g/mol. The maximum absolute atomic E-state index is 3.25. The fraction of sp³-hybridized carbons (Fsp3) is 0.143. The van der Waals surface area contributed by atoms with Crippen LogP contribution in [0.15, 0.2) is 30.3 Å². The minimum absolute atomic E-state index is 0. The summed E-state index contributed by atoms with van der Waals surface area (Å²) in [6.45, 7) is 1.03. The summed E-state index contributed by atoms with van der Waals surface area (Å²) < 4.78 is 3.25. The molecule has 0 saturated heterocycles. The molecule has 0 saturated carbocycles. The standard InChI is InChI=1S/C7H8N.H3P.H2S.Tl/c8-6-7-4-2-1-3-5-7;;;/h1-5,8H,6H2;1H3;1H2;/q-1;;;+1/p-1. The van der Waals surface area contributed by atoms with Crippen molar-refractivity contribution in [1.82, 2.24) is 3.13 Å². The van der Waals surface area contributed by atoms with Gasteiger partial charge in [0.2, 0.25) is 0 Å². The Morgan fingerprint density at radius 3 is 2.18 bits per heavy atom. The molecule has 1 aromatic rings. The molecule has 0 aliphatic rings. The molecule has 0 amide bonds. The van der Waals surface area contributed by atoms with Crippen LogP contribution >= 0.6 is 9.90 Å². The summed E-state index contributed by atoms with van der Waals surface area (Å²) in [6, 6.07) is 10.4. The Labute approximate surface area is 94.5 Å². The predicted octanol–water partition coefficient (Wildman–Crippen LogP) is 0.648. The zero-order chi connectivity index (χ0) is 6.53. The van der Waals surface area contributed by atoms with Crippen molar-refractivity contribution in [2.75, 3.05) is 0 Å². The summed E-state index contributed by atoms with van der Waals surface area (Å²) in [4.78, 5) is 0. The van der Waals surface area contributed by atoms with Crippen LogP contribution in [0, 0.1) is 0 Å². The molecule has 0 spiro atoms. The minimum atomic E-state index is 0. The number of hydrogen-bond acceptors (Lipinski definition) is 2. The Kier molecular flexibility index (Phi) is 11.8. The number of nitrogens with one attached hydrogen (secondary N) is 1. The van der Waals surface area contributed by atoms with Crippen molar-refractivity contribution in [1.29, 1.82) is 0 Å². The van der Waals surface area contributed by atoms with E-state index in [1.165, 1.54) is 5.56 Å². The van der Waals surface area contributed by atoms with Crippen LogP contribution < -0.4 is 3.13 Å². The van der Waals surface area contributed by atoms with Gasteiger partial charge < -0.3 is 13.5 Å². The van der Waals surface area contributed by atoms with Gasteiger partial charge in [-0.2, -0.15) is 9.90 Å². The fourth-order valence-corrected chi connectivity index (χ4v) is 1.63. The van der Waals surface area contributed by atoms with E-state index in [-0.39, 0.29) is 23.4 Å². The average molecular weight is 378 g/mol. The van der Waals surface area contributed by atoms with Crippen molar-refractivity contribution in [3.05, 3.63) is 35.9 Å². The molecule has 1 aromatic carbocycles. The van der Waals surface area contributed by atoms with E-state index in [0.29, 0.717) is 0 Å². The van der Waals surface area contributed by atoms with E-state index in [0.717, 1.165) is 32.6 Å². The third-order valence-corrected chi connectivity index (χ3v) is 1.94. The number of thiol groups is 1. The zero-order valence-corrected chi connectivity index (χ0v) is 13.1. The molecule has 0 radical (unpaired) electrons. The van der Waals surface area contributed by atoms with Gasteiger partial charge in [-0.1, -0.05) is 0 Å². The first-order valence-corrected chi connectivity index (χ1v) is 5.15. The molecule has 11 heavy (non-hydrogen) atoms. The summed E-state index contributed by atoms with van der Waals surface area (Å²) in [5, 5.41) is 0. The molecule has 1 unspecified atom stereocenters. The van der Waals surface area contributed by atoms with E-state index in [2.05, 4.69) is 27.4 Å². The van der Waals surface area contributed by atoms with Crippen LogP contribution in [0.25, 0.3) is 0 Å². The van der Waals surface area contributed by atoms with Gasteiger partial charge in [-0.3, -0.25) is 0 Å². The van der Waals surface area contributed by atoms with Gasteiger partial charge in [-0.05, 0) is 0 Å². The van der Waals surface area contributed by atoms with Crippen LogP contribution in [-0.4, -0.2) is 26.1 Å². The topological polar surface area (TPSA) is 12.0 Å². The van der Waals surface area contributed by atoms with Gasteiger partial charge in [0.15, 0.2) is 0 Å². The van der Waals surface area contributed by atoms with Crippen LogP contribution in [-0.2, 0) is 20.0 Å². The second-order valence-corrected chi connectivity index (χ2v) is 3.45. The number of rotatable bonds is 2. The normalized spacial score (nSPS) is 7.55. The monoisotopic (exact) mass is 378 g/mol. The SMILES string of the molecule is P.[SH-].[Tl][NH]Cc1ccccc1. The molecule has 60 valence electrons. The molecule has 0 aliphatic heterocycles. The molecule has 0 fully saturated rings. The summed E-state index contributed by atoms with van der Waals surface area (Å²) in [5.41, 5.74) is 1.38. The Hall–Kier alpha value is 0.882. The summed E-state index contributed by atoms with van der Waals surface area (Å²) in [6.07, 6.45) is 0. The Bertz CT molecular complexity index is 171. The summed E-state index contributed by atoms with van der Waals surface area (Å²) >= 11 is 0.898. The Balaban J connectivity index is 0. The second kappa shape index (κ2) is 8.97. The van der Waals surface area contributed by atoms with E-state index in [1.807, 2.05) is 6.07 Å². The first-order valence-electron chi connectivity index (χ1n) is 2.91. The molecule has 1 nitrogen and oxygen atoms in total. The molecule has 0 bridgehead atoms. The zero-order valence-electron chi connectivity index (χ0n) is 6.33. The van der Waals surface area contributed by atoms with Crippen LogP contribution in [0.3, 0.4) is 0 Å². The van der Waals surface area contributed by atoms with Gasteiger partial charge >= 0.3 is 71.6 Å². The van der Waals surface area contributed by atoms with Crippen molar-refractivity contribution < 1.29 is 0 Å². The van der Waals surface area contributed by atoms with Crippen molar-refractivity contribution in [3.8, 4) is 0 Å². The van der Waals surface area contributed by atoms with Gasteiger partial charge in [-0.25, -0.2) is 0 Å². The molecule has 0 aliphatic carbocycles. The van der Waals surface area contributed by atoms with Crippen molar-refractivity contribution in [3.63, 3.8) is 0 Å². The van der Waals surface area contributed by atoms with Crippen molar-refractivity contribution in [2.24, 2.45) is 0 Å². The van der Waals surface area contributed by atoms with E-state index in [4.69, 9.17) is 0 Å². The third-order valence-electron chi connectivity index (χ3n) is 1.15. The van der Waals surface area contributed by atoms with Crippen LogP contribution in [0.2, 0.25) is 0 Å². The molecule has 4 heteroatoms. The number of hydrogen-bond donors (Lipinski definition) is 1. The van der Waals surface area contributed by atoms with Gasteiger partial charge in [0.05, 0.1) is 0 Å². The van der Waals surface area contributed by atoms with Crippen molar-refractivity contribution in [2.45, 2.75) is 6.54 Å². The molecule has 1 atom stereocenters. The quantitative estimate of drug-likeness (QED) is 0.352. The van der Waals surface area contributed by atoms with Gasteiger partial charge in [0.25, 0.3) is 0 Å². The molecule has 0 heterocycles. The Morgan fingerprint density at radius 1 is 1.18 bits per heavy atom. The third kappa shape index (κ3) is 6.08. The first-order chi connectivity index (χ1) is 4.43. The second-order valence-electron chi connectivity index (χ2n) is 1.87. The van der Waals surface area contributed by atoms with Crippen molar-refractivity contribution >= 4 is 49.5 Å². The van der Waals surface area contributed by atoms with Crippen LogP contribution in [0.5, 0.6) is 0 Å².